The van der Waals surface area contributed by atoms with Gasteiger partial charge in [0.25, 0.3) is 0 Å². The molecule has 0 heterocycles. The van der Waals surface area contributed by atoms with Gasteiger partial charge in [0.15, 0.2) is 0 Å². The van der Waals surface area contributed by atoms with Crippen LogP contribution in [0.1, 0.15) is 61.8 Å². The zero-order valence-corrected chi connectivity index (χ0v) is 10.8. The molecule has 0 spiro atoms. The second-order valence-corrected chi connectivity index (χ2v) is 5.74. The Morgan fingerprint density at radius 3 is 1.54 bits per heavy atom. The topological polar surface area (TPSA) is 0 Å². The Hall–Kier alpha value is 0. The Bertz CT molecular complexity index is 150. The fourth-order valence-electron chi connectivity index (χ4n) is 2.37. The number of rotatable bonds is 3. The molecule has 0 saturated carbocycles. The van der Waals surface area contributed by atoms with Gasteiger partial charge in [-0.2, -0.15) is 0 Å². The van der Waals surface area contributed by atoms with E-state index >= 15 is 0 Å². The molecule has 0 aromatic carbocycles. The molecule has 0 nitrogen and oxygen atoms in total. The van der Waals surface area contributed by atoms with Gasteiger partial charge < -0.3 is 0 Å². The fourth-order valence-corrected chi connectivity index (χ4v) is 2.37. The monoisotopic (exact) mass is 183 g/mol. The lowest BCUT2D eigenvalue weighted by Crippen LogP contribution is -2.41. The average molecular weight is 183 g/mol. The minimum absolute atomic E-state index is 0.362. The van der Waals surface area contributed by atoms with E-state index in [-0.39, 0.29) is 0 Å². The molecule has 1 radical (unpaired) electrons. The van der Waals surface area contributed by atoms with Gasteiger partial charge in [0.05, 0.1) is 0 Å². The van der Waals surface area contributed by atoms with Crippen LogP contribution in [0.2, 0.25) is 0 Å². The summed E-state index contributed by atoms with van der Waals surface area (Å²) in [6, 6.07) is 0. The first-order valence-corrected chi connectivity index (χ1v) is 5.50. The van der Waals surface area contributed by atoms with Crippen molar-refractivity contribution in [1.29, 1.82) is 0 Å². The molecule has 0 aliphatic carbocycles. The highest BCUT2D eigenvalue weighted by Gasteiger charge is 2.43. The van der Waals surface area contributed by atoms with Crippen molar-refractivity contribution in [3.63, 3.8) is 0 Å². The summed E-state index contributed by atoms with van der Waals surface area (Å²) in [7, 11) is 0. The van der Waals surface area contributed by atoms with Crippen LogP contribution in [-0.2, 0) is 0 Å². The van der Waals surface area contributed by atoms with Gasteiger partial charge >= 0.3 is 0 Å². The number of hydrogen-bond donors (Lipinski definition) is 0. The quantitative estimate of drug-likeness (QED) is 0.595. The van der Waals surface area contributed by atoms with Crippen molar-refractivity contribution in [3.8, 4) is 0 Å². The Morgan fingerprint density at radius 1 is 1.08 bits per heavy atom. The maximum Gasteiger partial charge on any atom is -0.0195 e. The van der Waals surface area contributed by atoms with Crippen molar-refractivity contribution >= 4 is 0 Å². The molecule has 0 N–H and O–H groups in total. The van der Waals surface area contributed by atoms with Crippen molar-refractivity contribution in [2.75, 3.05) is 0 Å². The molecular weight excluding hydrogens is 156 g/mol. The van der Waals surface area contributed by atoms with Gasteiger partial charge in [0.1, 0.15) is 0 Å². The SMILES string of the molecule is CC[C](C)C(C)(C(C)C)C(C)(C)C. The van der Waals surface area contributed by atoms with E-state index in [1.165, 1.54) is 6.42 Å². The van der Waals surface area contributed by atoms with Crippen molar-refractivity contribution in [1.82, 2.24) is 0 Å². The van der Waals surface area contributed by atoms with Crippen LogP contribution in [0.3, 0.4) is 0 Å². The normalized spacial score (nSPS) is 18.0. The lowest BCUT2D eigenvalue weighted by Gasteiger charge is -2.49. The highest BCUT2D eigenvalue weighted by molar-refractivity contribution is 5.07. The van der Waals surface area contributed by atoms with E-state index in [1.807, 2.05) is 0 Å². The van der Waals surface area contributed by atoms with Gasteiger partial charge in [-0.3, -0.25) is 0 Å². The third-order valence-corrected chi connectivity index (χ3v) is 4.13. The Morgan fingerprint density at radius 2 is 1.46 bits per heavy atom. The molecular formula is C13H27. The molecule has 0 aliphatic heterocycles. The van der Waals surface area contributed by atoms with Crippen LogP contribution in [0.5, 0.6) is 0 Å². The smallest absolute Gasteiger partial charge is 0.0195 e. The Kier molecular flexibility index (Phi) is 4.02. The first-order valence-electron chi connectivity index (χ1n) is 5.50. The lowest BCUT2D eigenvalue weighted by molar-refractivity contribution is 0.0643. The van der Waals surface area contributed by atoms with Crippen LogP contribution in [0.15, 0.2) is 0 Å². The van der Waals surface area contributed by atoms with E-state index in [0.29, 0.717) is 16.7 Å². The predicted molar refractivity (Wildman–Crippen MR) is 61.6 cm³/mol. The molecule has 0 aliphatic rings. The van der Waals surface area contributed by atoms with E-state index in [4.69, 9.17) is 0 Å². The van der Waals surface area contributed by atoms with Crippen LogP contribution in [-0.4, -0.2) is 0 Å². The summed E-state index contributed by atoms with van der Waals surface area (Å²) in [6.07, 6.45) is 1.20. The van der Waals surface area contributed by atoms with Gasteiger partial charge in [-0.1, -0.05) is 55.4 Å². The van der Waals surface area contributed by atoms with Gasteiger partial charge in [0, 0.05) is 0 Å². The predicted octanol–water partition coefficient (Wildman–Crippen LogP) is 4.70. The first kappa shape index (κ1) is 13.0. The summed E-state index contributed by atoms with van der Waals surface area (Å²) in [6.45, 7) is 18.7. The third-order valence-electron chi connectivity index (χ3n) is 4.13. The van der Waals surface area contributed by atoms with E-state index in [0.717, 1.165) is 0 Å². The molecule has 0 aromatic rings. The Balaban J connectivity index is 4.96. The second kappa shape index (κ2) is 4.02. The van der Waals surface area contributed by atoms with Crippen molar-refractivity contribution in [2.24, 2.45) is 16.7 Å². The molecule has 0 fully saturated rings. The summed E-state index contributed by atoms with van der Waals surface area (Å²) in [4.78, 5) is 0. The van der Waals surface area contributed by atoms with Gasteiger partial charge in [-0.25, -0.2) is 0 Å². The third kappa shape index (κ3) is 2.27. The molecule has 1 atom stereocenters. The van der Waals surface area contributed by atoms with Gasteiger partial charge in [-0.15, -0.1) is 0 Å². The first-order chi connectivity index (χ1) is 5.67. The molecule has 0 aromatic heterocycles. The minimum atomic E-state index is 0.362. The van der Waals surface area contributed by atoms with E-state index in [2.05, 4.69) is 55.4 Å². The zero-order chi connectivity index (χ0) is 10.9. The Labute approximate surface area is 85.1 Å². The lowest BCUT2D eigenvalue weighted by atomic mass is 9.55. The number of hydrogen-bond acceptors (Lipinski definition) is 0. The van der Waals surface area contributed by atoms with Gasteiger partial charge in [-0.05, 0) is 29.1 Å². The van der Waals surface area contributed by atoms with Crippen LogP contribution in [0.25, 0.3) is 0 Å². The molecule has 0 saturated heterocycles. The van der Waals surface area contributed by atoms with Crippen LogP contribution in [0.4, 0.5) is 0 Å². The van der Waals surface area contributed by atoms with Crippen molar-refractivity contribution in [3.05, 3.63) is 5.92 Å². The van der Waals surface area contributed by atoms with Crippen molar-refractivity contribution in [2.45, 2.75) is 61.8 Å². The molecule has 13 heavy (non-hydrogen) atoms. The second-order valence-electron chi connectivity index (χ2n) is 5.74. The van der Waals surface area contributed by atoms with E-state index in [9.17, 15) is 0 Å². The van der Waals surface area contributed by atoms with E-state index < -0.39 is 0 Å². The van der Waals surface area contributed by atoms with Crippen LogP contribution >= 0.6 is 0 Å². The summed E-state index contributed by atoms with van der Waals surface area (Å²) in [5.74, 6) is 2.35. The largest absolute Gasteiger partial charge is 0.0648 e. The maximum absolute atomic E-state index is 2.41. The molecule has 79 valence electrons. The summed E-state index contributed by atoms with van der Waals surface area (Å²) in [5, 5.41) is 0. The zero-order valence-electron chi connectivity index (χ0n) is 10.8. The van der Waals surface area contributed by atoms with Gasteiger partial charge in [0.2, 0.25) is 0 Å². The summed E-state index contributed by atoms with van der Waals surface area (Å²) >= 11 is 0. The molecule has 1 unspecified atom stereocenters. The van der Waals surface area contributed by atoms with Crippen LogP contribution in [0, 0.1) is 22.7 Å². The molecule has 0 bridgehead atoms. The fraction of sp³-hybridized carbons (Fsp3) is 0.923. The summed E-state index contributed by atoms with van der Waals surface area (Å²) < 4.78 is 0. The highest BCUT2D eigenvalue weighted by Crippen LogP contribution is 2.51. The highest BCUT2D eigenvalue weighted by atomic mass is 14.5. The summed E-state index contributed by atoms with van der Waals surface area (Å²) in [5.41, 5.74) is 0.725. The standard InChI is InChI=1S/C13H27/c1-9-11(4)13(8,10(2)3)12(5,6)7/h10H,9H2,1-8H3. The molecule has 0 amide bonds. The average Bonchev–Trinajstić information content (AvgIpc) is 1.98. The molecule has 0 heteroatoms. The van der Waals surface area contributed by atoms with Crippen molar-refractivity contribution < 1.29 is 0 Å². The maximum atomic E-state index is 2.41. The van der Waals surface area contributed by atoms with Crippen LogP contribution < -0.4 is 0 Å². The van der Waals surface area contributed by atoms with E-state index in [1.54, 1.807) is 5.92 Å². The molecule has 0 rings (SSSR count). The minimum Gasteiger partial charge on any atom is -0.0648 e.